The molecular formula is C18H25NO. The van der Waals surface area contributed by atoms with Crippen molar-refractivity contribution in [3.05, 3.63) is 29.3 Å². The average Bonchev–Trinajstić information content (AvgIpc) is 2.49. The SMILES string of the molecule is CCC[C@H]1CC[C@H](c2ccc(OCC)c(C#N)c2)CC1. The largest absolute Gasteiger partial charge is 0.492 e. The van der Waals surface area contributed by atoms with E-state index in [9.17, 15) is 5.26 Å². The third-order valence-corrected chi connectivity index (χ3v) is 4.44. The highest BCUT2D eigenvalue weighted by Crippen LogP contribution is 2.38. The van der Waals surface area contributed by atoms with Crippen LogP contribution in [0.25, 0.3) is 0 Å². The minimum Gasteiger partial charge on any atom is -0.492 e. The summed E-state index contributed by atoms with van der Waals surface area (Å²) in [6, 6.07) is 8.42. The lowest BCUT2D eigenvalue weighted by Crippen LogP contribution is -2.13. The van der Waals surface area contributed by atoms with Crippen LogP contribution in [0, 0.1) is 17.2 Å². The van der Waals surface area contributed by atoms with Gasteiger partial charge in [-0.2, -0.15) is 5.26 Å². The molecule has 2 heteroatoms. The van der Waals surface area contributed by atoms with Gasteiger partial charge in [0, 0.05) is 0 Å². The van der Waals surface area contributed by atoms with E-state index in [1.54, 1.807) is 0 Å². The summed E-state index contributed by atoms with van der Waals surface area (Å²) in [5.41, 5.74) is 2.00. The van der Waals surface area contributed by atoms with Crippen molar-refractivity contribution in [2.24, 2.45) is 5.92 Å². The molecule has 20 heavy (non-hydrogen) atoms. The van der Waals surface area contributed by atoms with E-state index in [4.69, 9.17) is 4.74 Å². The fourth-order valence-corrected chi connectivity index (χ4v) is 3.36. The lowest BCUT2D eigenvalue weighted by atomic mass is 9.77. The highest BCUT2D eigenvalue weighted by Gasteiger charge is 2.22. The Morgan fingerprint density at radius 2 is 1.95 bits per heavy atom. The van der Waals surface area contributed by atoms with Gasteiger partial charge in [0.25, 0.3) is 0 Å². The molecule has 0 atom stereocenters. The highest BCUT2D eigenvalue weighted by molar-refractivity contribution is 5.46. The monoisotopic (exact) mass is 271 g/mol. The van der Waals surface area contributed by atoms with Crippen molar-refractivity contribution in [3.63, 3.8) is 0 Å². The number of rotatable bonds is 5. The molecule has 1 aromatic rings. The second-order valence-corrected chi connectivity index (χ2v) is 5.81. The molecular weight excluding hydrogens is 246 g/mol. The van der Waals surface area contributed by atoms with Crippen molar-refractivity contribution in [3.8, 4) is 11.8 Å². The van der Waals surface area contributed by atoms with Crippen LogP contribution in [0.1, 0.15) is 69.4 Å². The fraction of sp³-hybridized carbons (Fsp3) is 0.611. The van der Waals surface area contributed by atoms with E-state index in [0.717, 1.165) is 11.7 Å². The summed E-state index contributed by atoms with van der Waals surface area (Å²) >= 11 is 0. The van der Waals surface area contributed by atoms with Crippen LogP contribution in [0.2, 0.25) is 0 Å². The zero-order chi connectivity index (χ0) is 14.4. The van der Waals surface area contributed by atoms with Gasteiger partial charge in [-0.1, -0.05) is 25.8 Å². The topological polar surface area (TPSA) is 33.0 Å². The molecule has 2 nitrogen and oxygen atoms in total. The van der Waals surface area contributed by atoms with Crippen molar-refractivity contribution < 1.29 is 4.74 Å². The Kier molecular flexibility index (Phi) is 5.47. The van der Waals surface area contributed by atoms with Crippen LogP contribution >= 0.6 is 0 Å². The Labute approximate surface area is 122 Å². The summed E-state index contributed by atoms with van der Waals surface area (Å²) < 4.78 is 5.50. The predicted molar refractivity (Wildman–Crippen MR) is 81.9 cm³/mol. The van der Waals surface area contributed by atoms with Crippen molar-refractivity contribution in [1.29, 1.82) is 5.26 Å². The number of nitrogens with zero attached hydrogens (tertiary/aromatic N) is 1. The van der Waals surface area contributed by atoms with Crippen LogP contribution in [-0.2, 0) is 0 Å². The third kappa shape index (κ3) is 3.54. The summed E-state index contributed by atoms with van der Waals surface area (Å²) in [7, 11) is 0. The minimum atomic E-state index is 0.607. The zero-order valence-corrected chi connectivity index (χ0v) is 12.7. The molecule has 1 aromatic carbocycles. The Morgan fingerprint density at radius 3 is 2.55 bits per heavy atom. The number of nitriles is 1. The number of ether oxygens (including phenoxy) is 1. The van der Waals surface area contributed by atoms with Crippen LogP contribution in [0.5, 0.6) is 5.75 Å². The van der Waals surface area contributed by atoms with Gasteiger partial charge in [-0.15, -0.1) is 0 Å². The van der Waals surface area contributed by atoms with Gasteiger partial charge in [-0.05, 0) is 62.1 Å². The number of benzene rings is 1. The van der Waals surface area contributed by atoms with Crippen LogP contribution in [0.4, 0.5) is 0 Å². The van der Waals surface area contributed by atoms with E-state index in [2.05, 4.69) is 19.1 Å². The lowest BCUT2D eigenvalue weighted by Gasteiger charge is -2.28. The Balaban J connectivity index is 2.05. The Morgan fingerprint density at radius 1 is 1.20 bits per heavy atom. The van der Waals surface area contributed by atoms with Gasteiger partial charge in [0.05, 0.1) is 12.2 Å². The van der Waals surface area contributed by atoms with Gasteiger partial charge >= 0.3 is 0 Å². The standard InChI is InChI=1S/C18H25NO/c1-3-5-14-6-8-15(9-7-14)16-10-11-18(20-4-2)17(12-16)13-19/h10-12,14-15H,3-9H2,1-2H3/t14-,15-. The van der Waals surface area contributed by atoms with Crippen molar-refractivity contribution in [1.82, 2.24) is 0 Å². The first-order chi connectivity index (χ1) is 9.78. The van der Waals surface area contributed by atoms with Gasteiger partial charge in [0.15, 0.2) is 0 Å². The van der Waals surface area contributed by atoms with Crippen LogP contribution < -0.4 is 4.74 Å². The molecule has 1 saturated carbocycles. The molecule has 0 bridgehead atoms. The highest BCUT2D eigenvalue weighted by atomic mass is 16.5. The van der Waals surface area contributed by atoms with Gasteiger partial charge in [0.1, 0.15) is 11.8 Å². The normalized spacial score (nSPS) is 22.2. The molecule has 0 aromatic heterocycles. The maximum absolute atomic E-state index is 9.25. The second-order valence-electron chi connectivity index (χ2n) is 5.81. The van der Waals surface area contributed by atoms with E-state index in [1.807, 2.05) is 19.1 Å². The van der Waals surface area contributed by atoms with Crippen LogP contribution in [-0.4, -0.2) is 6.61 Å². The quantitative estimate of drug-likeness (QED) is 0.752. The second kappa shape index (κ2) is 7.33. The summed E-state index contributed by atoms with van der Waals surface area (Å²) in [6.07, 6.45) is 7.89. The average molecular weight is 271 g/mol. The molecule has 0 amide bonds. The summed E-state index contributed by atoms with van der Waals surface area (Å²) in [5, 5.41) is 9.25. The van der Waals surface area contributed by atoms with E-state index in [-0.39, 0.29) is 0 Å². The van der Waals surface area contributed by atoms with Crippen LogP contribution in [0.15, 0.2) is 18.2 Å². The zero-order valence-electron chi connectivity index (χ0n) is 12.7. The molecule has 0 unspecified atom stereocenters. The molecule has 0 spiro atoms. The smallest absolute Gasteiger partial charge is 0.137 e. The predicted octanol–water partition coefficient (Wildman–Crippen LogP) is 5.03. The molecule has 1 aliphatic rings. The molecule has 0 saturated heterocycles. The molecule has 0 aliphatic heterocycles. The van der Waals surface area contributed by atoms with E-state index in [0.29, 0.717) is 18.1 Å². The van der Waals surface area contributed by atoms with Gasteiger partial charge in [0.2, 0.25) is 0 Å². The maximum atomic E-state index is 9.25. The number of hydrogen-bond acceptors (Lipinski definition) is 2. The van der Waals surface area contributed by atoms with Gasteiger partial charge in [-0.3, -0.25) is 0 Å². The van der Waals surface area contributed by atoms with E-state index >= 15 is 0 Å². The van der Waals surface area contributed by atoms with Crippen LogP contribution in [0.3, 0.4) is 0 Å². The summed E-state index contributed by atoms with van der Waals surface area (Å²) in [5.74, 6) is 2.28. The molecule has 2 rings (SSSR count). The Hall–Kier alpha value is -1.49. The first kappa shape index (κ1) is 14.9. The molecule has 108 valence electrons. The molecule has 1 aliphatic carbocycles. The maximum Gasteiger partial charge on any atom is 0.137 e. The lowest BCUT2D eigenvalue weighted by molar-refractivity contribution is 0.307. The number of hydrogen-bond donors (Lipinski definition) is 0. The van der Waals surface area contributed by atoms with Crippen molar-refractivity contribution in [2.45, 2.75) is 58.3 Å². The first-order valence-electron chi connectivity index (χ1n) is 7.95. The summed E-state index contributed by atoms with van der Waals surface area (Å²) in [6.45, 7) is 4.83. The molecule has 0 heterocycles. The Bertz CT molecular complexity index is 467. The molecule has 0 N–H and O–H groups in total. The van der Waals surface area contributed by atoms with Gasteiger partial charge < -0.3 is 4.74 Å². The van der Waals surface area contributed by atoms with Crippen molar-refractivity contribution in [2.75, 3.05) is 6.61 Å². The molecule has 0 radical (unpaired) electrons. The fourth-order valence-electron chi connectivity index (χ4n) is 3.36. The van der Waals surface area contributed by atoms with E-state index in [1.165, 1.54) is 44.1 Å². The third-order valence-electron chi connectivity index (χ3n) is 4.44. The molecule has 1 fully saturated rings. The van der Waals surface area contributed by atoms with E-state index < -0.39 is 0 Å². The minimum absolute atomic E-state index is 0.607. The van der Waals surface area contributed by atoms with Gasteiger partial charge in [-0.25, -0.2) is 0 Å². The summed E-state index contributed by atoms with van der Waals surface area (Å²) in [4.78, 5) is 0. The van der Waals surface area contributed by atoms with Crippen molar-refractivity contribution >= 4 is 0 Å². The first-order valence-corrected chi connectivity index (χ1v) is 7.95.